The molecule has 172 valence electrons. The minimum absolute atomic E-state index is 0.0882. The molecule has 5 rings (SSSR count). The summed E-state index contributed by atoms with van der Waals surface area (Å²) in [6, 6.07) is 7.23. The van der Waals surface area contributed by atoms with E-state index in [0.29, 0.717) is 41.1 Å². The zero-order valence-corrected chi connectivity index (χ0v) is 19.0. The molecule has 0 amide bonds. The van der Waals surface area contributed by atoms with E-state index in [4.69, 9.17) is 0 Å². The van der Waals surface area contributed by atoms with Crippen LogP contribution in [0.1, 0.15) is 15.9 Å². The highest BCUT2D eigenvalue weighted by atomic mass is 32.1. The molecule has 0 aliphatic carbocycles. The van der Waals surface area contributed by atoms with Gasteiger partial charge < -0.3 is 15.3 Å². The molecule has 1 fully saturated rings. The van der Waals surface area contributed by atoms with Crippen LogP contribution < -0.4 is 15.6 Å². The van der Waals surface area contributed by atoms with E-state index in [2.05, 4.69) is 20.3 Å². The number of aromatic carboxylic acids is 1. The maximum absolute atomic E-state index is 12.9. The molecule has 4 aromatic rings. The van der Waals surface area contributed by atoms with Crippen molar-refractivity contribution < 1.29 is 14.7 Å². The third-order valence-electron chi connectivity index (χ3n) is 5.77. The number of carbonyl (C=O) groups excluding carboxylic acids is 1. The highest BCUT2D eigenvalue weighted by molar-refractivity contribution is 7.12. The van der Waals surface area contributed by atoms with E-state index in [1.165, 1.54) is 17.5 Å². The zero-order valence-electron chi connectivity index (χ0n) is 18.1. The second kappa shape index (κ2) is 8.67. The van der Waals surface area contributed by atoms with Crippen LogP contribution in [0.2, 0.25) is 0 Å². The lowest BCUT2D eigenvalue weighted by Gasteiger charge is -2.39. The molecule has 2 N–H and O–H groups in total. The van der Waals surface area contributed by atoms with Gasteiger partial charge in [-0.3, -0.25) is 14.2 Å². The molecule has 11 heteroatoms. The van der Waals surface area contributed by atoms with E-state index in [-0.39, 0.29) is 29.2 Å². The summed E-state index contributed by atoms with van der Waals surface area (Å²) >= 11 is 1.31. The number of aromatic nitrogens is 4. The fourth-order valence-corrected chi connectivity index (χ4v) is 4.55. The number of rotatable bonds is 7. The quantitative estimate of drug-likeness (QED) is 0.413. The minimum atomic E-state index is -1.30. The van der Waals surface area contributed by atoms with Crippen molar-refractivity contribution in [1.29, 1.82) is 0 Å². The van der Waals surface area contributed by atoms with E-state index < -0.39 is 11.4 Å². The normalized spacial score (nSPS) is 13.6. The number of nitrogens with one attached hydrogen (secondary N) is 1. The molecule has 34 heavy (non-hydrogen) atoms. The summed E-state index contributed by atoms with van der Waals surface area (Å²) in [6.07, 6.45) is 4.54. The average Bonchev–Trinajstić information content (AvgIpc) is 3.32. The smallest absolute Gasteiger partial charge is 0.341 e. The van der Waals surface area contributed by atoms with Gasteiger partial charge >= 0.3 is 5.97 Å². The Morgan fingerprint density at radius 2 is 2.06 bits per heavy atom. The maximum atomic E-state index is 12.9. The summed E-state index contributed by atoms with van der Waals surface area (Å²) in [5.74, 6) is -0.0712. The van der Waals surface area contributed by atoms with Crippen molar-refractivity contribution >= 4 is 45.8 Å². The van der Waals surface area contributed by atoms with Gasteiger partial charge in [-0.1, -0.05) is 6.07 Å². The van der Waals surface area contributed by atoms with Gasteiger partial charge in [0.1, 0.15) is 17.2 Å². The van der Waals surface area contributed by atoms with Crippen LogP contribution in [0.15, 0.2) is 53.0 Å². The molecular formula is C23H20N6O4S. The van der Waals surface area contributed by atoms with Crippen LogP contribution in [0.3, 0.4) is 0 Å². The Labute approximate surface area is 197 Å². The van der Waals surface area contributed by atoms with E-state index in [1.54, 1.807) is 41.4 Å². The van der Waals surface area contributed by atoms with Crippen molar-refractivity contribution in [3.05, 3.63) is 69.6 Å². The number of carboxylic acid groups (broad SMARTS) is 1. The van der Waals surface area contributed by atoms with Crippen molar-refractivity contribution in [2.45, 2.75) is 6.92 Å². The first kappa shape index (κ1) is 21.7. The number of ketones is 1. The van der Waals surface area contributed by atoms with E-state index >= 15 is 0 Å². The number of hydrogen-bond donors (Lipinski definition) is 2. The fraction of sp³-hybridized carbons (Fsp3) is 0.217. The third-order valence-corrected chi connectivity index (χ3v) is 6.54. The van der Waals surface area contributed by atoms with Gasteiger partial charge in [-0.05, 0) is 30.7 Å². The molecular weight excluding hydrogens is 456 g/mol. The number of anilines is 2. The van der Waals surface area contributed by atoms with Gasteiger partial charge in [0.2, 0.25) is 5.43 Å². The van der Waals surface area contributed by atoms with Gasteiger partial charge in [0.05, 0.1) is 17.8 Å². The van der Waals surface area contributed by atoms with Crippen molar-refractivity contribution in [2.24, 2.45) is 5.92 Å². The molecule has 0 spiro atoms. The van der Waals surface area contributed by atoms with Crippen LogP contribution in [0.25, 0.3) is 16.2 Å². The molecule has 10 nitrogen and oxygen atoms in total. The topological polar surface area (TPSA) is 130 Å². The number of aryl methyl sites for hydroxylation is 1. The van der Waals surface area contributed by atoms with Gasteiger partial charge in [0.15, 0.2) is 16.6 Å². The number of thiazole rings is 1. The van der Waals surface area contributed by atoms with E-state index in [9.17, 15) is 19.5 Å². The molecule has 1 saturated heterocycles. The molecule has 0 radical (unpaired) electrons. The molecule has 0 saturated carbocycles. The Bertz CT molecular complexity index is 1450. The minimum Gasteiger partial charge on any atom is -0.477 e. The predicted octanol–water partition coefficient (Wildman–Crippen LogP) is 2.36. The Morgan fingerprint density at radius 1 is 1.24 bits per heavy atom. The summed E-state index contributed by atoms with van der Waals surface area (Å²) in [5, 5.41) is 15.1. The number of carboxylic acids is 1. The zero-order chi connectivity index (χ0) is 23.8. The van der Waals surface area contributed by atoms with Gasteiger partial charge in [-0.15, -0.1) is 11.3 Å². The molecule has 4 aromatic heterocycles. The lowest BCUT2D eigenvalue weighted by molar-refractivity contribution is -0.121. The van der Waals surface area contributed by atoms with Crippen LogP contribution in [-0.2, 0) is 4.79 Å². The first-order valence-electron chi connectivity index (χ1n) is 10.5. The summed E-state index contributed by atoms with van der Waals surface area (Å²) < 4.78 is 1.54. The first-order valence-corrected chi connectivity index (χ1v) is 11.4. The van der Waals surface area contributed by atoms with E-state index in [0.717, 1.165) is 0 Å². The number of pyridine rings is 3. The van der Waals surface area contributed by atoms with Gasteiger partial charge in [-0.25, -0.2) is 19.7 Å². The summed E-state index contributed by atoms with van der Waals surface area (Å²) in [7, 11) is 0. The standard InChI is InChI=1S/C23H20N6O4S/c1-13-8-18(28-10-14(11-28)16(30)9-26-17-4-2-3-5-24-17)27-21-19(13)20(31)15(22(32)33)12-29(21)23-25-6-7-34-23/h2-8,12,14H,9-11H2,1H3,(H,24,26)(H,32,33). The molecule has 1 aliphatic rings. The lowest BCUT2D eigenvalue weighted by Crippen LogP contribution is -2.52. The molecule has 5 heterocycles. The van der Waals surface area contributed by atoms with Gasteiger partial charge in [-0.2, -0.15) is 0 Å². The van der Waals surface area contributed by atoms with E-state index in [1.807, 2.05) is 17.0 Å². The van der Waals surface area contributed by atoms with Crippen molar-refractivity contribution in [1.82, 2.24) is 19.5 Å². The van der Waals surface area contributed by atoms with Crippen molar-refractivity contribution in [3.8, 4) is 5.13 Å². The number of nitrogens with zero attached hydrogens (tertiary/aromatic N) is 5. The molecule has 0 atom stereocenters. The van der Waals surface area contributed by atoms with Crippen LogP contribution in [-0.4, -0.2) is 56.0 Å². The fourth-order valence-electron chi connectivity index (χ4n) is 3.93. The van der Waals surface area contributed by atoms with Crippen molar-refractivity contribution in [3.63, 3.8) is 0 Å². The second-order valence-corrected chi connectivity index (χ2v) is 8.87. The Kier molecular flexibility index (Phi) is 5.54. The number of carbonyl (C=O) groups is 2. The average molecular weight is 477 g/mol. The maximum Gasteiger partial charge on any atom is 0.341 e. The van der Waals surface area contributed by atoms with Crippen LogP contribution in [0.4, 0.5) is 11.6 Å². The lowest BCUT2D eigenvalue weighted by atomic mass is 9.94. The summed E-state index contributed by atoms with van der Waals surface area (Å²) in [5.41, 5.74) is 0.0380. The summed E-state index contributed by atoms with van der Waals surface area (Å²) in [4.78, 5) is 52.2. The molecule has 1 aliphatic heterocycles. The number of fused-ring (bicyclic) bond motifs is 1. The Morgan fingerprint density at radius 3 is 2.74 bits per heavy atom. The predicted molar refractivity (Wildman–Crippen MR) is 128 cm³/mol. The molecule has 0 bridgehead atoms. The van der Waals surface area contributed by atoms with Gasteiger partial charge in [0, 0.05) is 37.1 Å². The van der Waals surface area contributed by atoms with Gasteiger partial charge in [0.25, 0.3) is 0 Å². The number of Topliss-reactive ketones (excluding diaryl/α,β-unsaturated/α-hetero) is 1. The SMILES string of the molecule is Cc1cc(N2CC(C(=O)CNc3ccccn3)C2)nc2c1c(=O)c(C(=O)O)cn2-c1nccs1. The largest absolute Gasteiger partial charge is 0.477 e. The number of hydrogen-bond acceptors (Lipinski definition) is 9. The monoisotopic (exact) mass is 476 g/mol. The third kappa shape index (κ3) is 3.90. The van der Waals surface area contributed by atoms with Crippen LogP contribution >= 0.6 is 11.3 Å². The highest BCUT2D eigenvalue weighted by Crippen LogP contribution is 2.28. The Balaban J connectivity index is 1.42. The summed E-state index contributed by atoms with van der Waals surface area (Å²) in [6.45, 7) is 2.97. The molecule has 0 unspecified atom stereocenters. The van der Waals surface area contributed by atoms with Crippen molar-refractivity contribution in [2.75, 3.05) is 29.9 Å². The second-order valence-electron chi connectivity index (χ2n) is 7.99. The van der Waals surface area contributed by atoms with Crippen LogP contribution in [0, 0.1) is 12.8 Å². The highest BCUT2D eigenvalue weighted by Gasteiger charge is 2.33. The molecule has 0 aromatic carbocycles. The first-order chi connectivity index (χ1) is 16.4. The van der Waals surface area contributed by atoms with Crippen LogP contribution in [0.5, 0.6) is 0 Å². The Hall–Kier alpha value is -4.12.